The van der Waals surface area contributed by atoms with Crippen molar-refractivity contribution in [3.8, 4) is 11.4 Å². The number of rotatable bonds is 1. The summed E-state index contributed by atoms with van der Waals surface area (Å²) in [5.74, 6) is 0. The zero-order valence-electron chi connectivity index (χ0n) is 9.32. The van der Waals surface area contributed by atoms with Gasteiger partial charge in [-0.25, -0.2) is 0 Å². The minimum atomic E-state index is 0.984. The Labute approximate surface area is 100 Å². The summed E-state index contributed by atoms with van der Waals surface area (Å²) in [6.45, 7) is 0. The predicted molar refractivity (Wildman–Crippen MR) is 68.3 cm³/mol. The molecular formula is C14H13N3. The maximum Gasteiger partial charge on any atom is 0.0864 e. The summed E-state index contributed by atoms with van der Waals surface area (Å²) in [6.07, 6.45) is 7.18. The van der Waals surface area contributed by atoms with Crippen LogP contribution in [0.25, 0.3) is 11.4 Å². The average molecular weight is 223 g/mol. The number of hydrogen-bond donors (Lipinski definition) is 1. The van der Waals surface area contributed by atoms with Gasteiger partial charge in [-0.05, 0) is 36.4 Å². The molecule has 0 bridgehead atoms. The molecule has 3 aromatic heterocycles. The van der Waals surface area contributed by atoms with Crippen LogP contribution < -0.4 is 0 Å². The van der Waals surface area contributed by atoms with E-state index in [4.69, 9.17) is 0 Å². The lowest BCUT2D eigenvalue weighted by molar-refractivity contribution is 1.28. The van der Waals surface area contributed by atoms with Crippen LogP contribution in [-0.2, 0) is 0 Å². The Hall–Kier alpha value is -2.42. The van der Waals surface area contributed by atoms with Crippen LogP contribution >= 0.6 is 0 Å². The molecule has 0 aliphatic rings. The van der Waals surface area contributed by atoms with E-state index in [1.54, 1.807) is 18.6 Å². The molecule has 0 amide bonds. The number of nitrogens with zero attached hydrogens (tertiary/aromatic N) is 2. The van der Waals surface area contributed by atoms with E-state index in [1.165, 1.54) is 0 Å². The standard InChI is InChI=1S/C9H8N2.C5H5N/c1-2-6-10-8(4-1)9-5-3-7-11-9;1-2-4-6-5-3-1/h1-7,11H;1-5H. The molecule has 17 heavy (non-hydrogen) atoms. The van der Waals surface area contributed by atoms with Gasteiger partial charge in [0.05, 0.1) is 11.4 Å². The van der Waals surface area contributed by atoms with Gasteiger partial charge in [-0.2, -0.15) is 0 Å². The molecule has 84 valence electrons. The van der Waals surface area contributed by atoms with E-state index in [0.29, 0.717) is 0 Å². The fourth-order valence-corrected chi connectivity index (χ4v) is 1.32. The number of H-pyrrole nitrogens is 1. The quantitative estimate of drug-likeness (QED) is 0.688. The normalized spacial score (nSPS) is 9.18. The van der Waals surface area contributed by atoms with Crippen LogP contribution in [0.3, 0.4) is 0 Å². The van der Waals surface area contributed by atoms with Gasteiger partial charge in [-0.15, -0.1) is 0 Å². The summed E-state index contributed by atoms with van der Waals surface area (Å²) in [5, 5.41) is 0. The fourth-order valence-electron chi connectivity index (χ4n) is 1.32. The molecule has 0 atom stereocenters. The SMILES string of the molecule is c1ccc(-c2ccc[nH]2)nc1.c1ccncc1. The van der Waals surface area contributed by atoms with Gasteiger partial charge in [0.15, 0.2) is 0 Å². The second-order valence-corrected chi connectivity index (χ2v) is 3.32. The van der Waals surface area contributed by atoms with Crippen LogP contribution in [-0.4, -0.2) is 15.0 Å². The number of aromatic amines is 1. The molecule has 1 N–H and O–H groups in total. The first-order valence-corrected chi connectivity index (χ1v) is 5.36. The van der Waals surface area contributed by atoms with Gasteiger partial charge >= 0.3 is 0 Å². The lowest BCUT2D eigenvalue weighted by Crippen LogP contribution is -1.79. The third kappa shape index (κ3) is 3.57. The Balaban J connectivity index is 0.000000153. The van der Waals surface area contributed by atoms with E-state index in [1.807, 2.05) is 54.7 Å². The van der Waals surface area contributed by atoms with Crippen molar-refractivity contribution in [2.45, 2.75) is 0 Å². The van der Waals surface area contributed by atoms with Crippen molar-refractivity contribution in [3.05, 3.63) is 73.3 Å². The van der Waals surface area contributed by atoms with Gasteiger partial charge in [0.2, 0.25) is 0 Å². The molecule has 0 fully saturated rings. The first-order valence-electron chi connectivity index (χ1n) is 5.36. The monoisotopic (exact) mass is 223 g/mol. The van der Waals surface area contributed by atoms with Crippen LogP contribution in [0, 0.1) is 0 Å². The smallest absolute Gasteiger partial charge is 0.0864 e. The maximum absolute atomic E-state index is 4.19. The maximum atomic E-state index is 4.19. The molecule has 3 nitrogen and oxygen atoms in total. The van der Waals surface area contributed by atoms with Crippen LogP contribution in [0.4, 0.5) is 0 Å². The van der Waals surface area contributed by atoms with E-state index < -0.39 is 0 Å². The number of nitrogens with one attached hydrogen (secondary N) is 1. The molecule has 0 aliphatic carbocycles. The Morgan fingerprint density at radius 2 is 1.59 bits per heavy atom. The summed E-state index contributed by atoms with van der Waals surface area (Å²) in [5.41, 5.74) is 2.04. The molecule has 0 unspecified atom stereocenters. The zero-order chi connectivity index (χ0) is 11.8. The minimum Gasteiger partial charge on any atom is -0.360 e. The van der Waals surface area contributed by atoms with E-state index in [-0.39, 0.29) is 0 Å². The van der Waals surface area contributed by atoms with Crippen molar-refractivity contribution in [1.82, 2.24) is 15.0 Å². The molecular weight excluding hydrogens is 210 g/mol. The molecule has 3 heteroatoms. The molecule has 3 aromatic rings. The Bertz CT molecular complexity index is 477. The number of aromatic nitrogens is 3. The molecule has 3 rings (SSSR count). The highest BCUT2D eigenvalue weighted by Gasteiger charge is 1.94. The highest BCUT2D eigenvalue weighted by molar-refractivity contribution is 5.53. The summed E-state index contributed by atoms with van der Waals surface area (Å²) in [7, 11) is 0. The van der Waals surface area contributed by atoms with Gasteiger partial charge in [0.1, 0.15) is 0 Å². The summed E-state index contributed by atoms with van der Waals surface area (Å²) in [6, 6.07) is 15.5. The van der Waals surface area contributed by atoms with Gasteiger partial charge in [-0.1, -0.05) is 12.1 Å². The van der Waals surface area contributed by atoms with Crippen LogP contribution in [0.2, 0.25) is 0 Å². The predicted octanol–water partition coefficient (Wildman–Crippen LogP) is 3.16. The highest BCUT2D eigenvalue weighted by atomic mass is 14.8. The third-order valence-corrected chi connectivity index (χ3v) is 2.11. The second kappa shape index (κ2) is 6.23. The molecule has 3 heterocycles. The first kappa shape index (κ1) is 11.1. The van der Waals surface area contributed by atoms with Crippen LogP contribution in [0.15, 0.2) is 73.3 Å². The van der Waals surface area contributed by atoms with Crippen molar-refractivity contribution < 1.29 is 0 Å². The second-order valence-electron chi connectivity index (χ2n) is 3.32. The summed E-state index contributed by atoms with van der Waals surface area (Å²) in [4.78, 5) is 11.1. The summed E-state index contributed by atoms with van der Waals surface area (Å²) < 4.78 is 0. The third-order valence-electron chi connectivity index (χ3n) is 2.11. The molecule has 0 aromatic carbocycles. The molecule has 0 spiro atoms. The molecule has 0 radical (unpaired) electrons. The molecule has 0 saturated heterocycles. The van der Waals surface area contributed by atoms with E-state index in [0.717, 1.165) is 11.4 Å². The van der Waals surface area contributed by atoms with Gasteiger partial charge in [0, 0.05) is 24.8 Å². The number of pyridine rings is 2. The van der Waals surface area contributed by atoms with E-state index in [2.05, 4.69) is 15.0 Å². The van der Waals surface area contributed by atoms with E-state index >= 15 is 0 Å². The van der Waals surface area contributed by atoms with Crippen LogP contribution in [0.5, 0.6) is 0 Å². The van der Waals surface area contributed by atoms with Crippen LogP contribution in [0.1, 0.15) is 0 Å². The molecule has 0 aliphatic heterocycles. The van der Waals surface area contributed by atoms with Crippen molar-refractivity contribution in [2.75, 3.05) is 0 Å². The van der Waals surface area contributed by atoms with Crippen molar-refractivity contribution in [3.63, 3.8) is 0 Å². The first-order chi connectivity index (χ1) is 8.47. The minimum absolute atomic E-state index is 0.984. The van der Waals surface area contributed by atoms with Crippen molar-refractivity contribution >= 4 is 0 Å². The number of hydrogen-bond acceptors (Lipinski definition) is 2. The van der Waals surface area contributed by atoms with Gasteiger partial charge in [0.25, 0.3) is 0 Å². The molecule has 0 saturated carbocycles. The Morgan fingerprint density at radius 3 is 2.06 bits per heavy atom. The van der Waals surface area contributed by atoms with Gasteiger partial charge < -0.3 is 4.98 Å². The zero-order valence-corrected chi connectivity index (χ0v) is 9.32. The average Bonchev–Trinajstić information content (AvgIpc) is 2.96. The lowest BCUT2D eigenvalue weighted by Gasteiger charge is -1.93. The lowest BCUT2D eigenvalue weighted by atomic mass is 10.3. The Kier molecular flexibility index (Phi) is 4.06. The van der Waals surface area contributed by atoms with Crippen molar-refractivity contribution in [1.29, 1.82) is 0 Å². The van der Waals surface area contributed by atoms with Gasteiger partial charge in [-0.3, -0.25) is 9.97 Å². The topological polar surface area (TPSA) is 41.6 Å². The van der Waals surface area contributed by atoms with E-state index in [9.17, 15) is 0 Å². The highest BCUT2D eigenvalue weighted by Crippen LogP contribution is 2.11. The van der Waals surface area contributed by atoms with Crippen molar-refractivity contribution in [2.24, 2.45) is 0 Å². The summed E-state index contributed by atoms with van der Waals surface area (Å²) >= 11 is 0. The Morgan fingerprint density at radius 1 is 0.765 bits per heavy atom. The fraction of sp³-hybridized carbons (Fsp3) is 0. The largest absolute Gasteiger partial charge is 0.360 e.